The van der Waals surface area contributed by atoms with Crippen molar-refractivity contribution >= 4 is 22.8 Å². The summed E-state index contributed by atoms with van der Waals surface area (Å²) in [6.07, 6.45) is 0.415. The van der Waals surface area contributed by atoms with Crippen LogP contribution < -0.4 is 4.74 Å². The number of para-hydroxylation sites is 1. The van der Waals surface area contributed by atoms with Crippen LogP contribution in [0.5, 0.6) is 5.75 Å². The van der Waals surface area contributed by atoms with Crippen LogP contribution in [0.15, 0.2) is 24.3 Å². The molecule has 0 aliphatic rings. The lowest BCUT2D eigenvalue weighted by atomic mass is 9.84. The Morgan fingerprint density at radius 1 is 1.28 bits per heavy atom. The summed E-state index contributed by atoms with van der Waals surface area (Å²) in [7, 11) is 0. The van der Waals surface area contributed by atoms with Crippen molar-refractivity contribution in [3.05, 3.63) is 30.1 Å². The van der Waals surface area contributed by atoms with Crippen LogP contribution in [0.1, 0.15) is 26.7 Å². The van der Waals surface area contributed by atoms with E-state index in [0.29, 0.717) is 0 Å². The van der Waals surface area contributed by atoms with Crippen LogP contribution in [0.3, 0.4) is 0 Å². The average Bonchev–Trinajstić information content (AvgIpc) is 2.34. The van der Waals surface area contributed by atoms with Gasteiger partial charge in [-0.2, -0.15) is 0 Å². The minimum Gasteiger partial charge on any atom is -0.423 e. The van der Waals surface area contributed by atoms with Gasteiger partial charge in [-0.25, -0.2) is 4.39 Å². The van der Waals surface area contributed by atoms with Gasteiger partial charge in [-0.05, 0) is 36.6 Å². The van der Waals surface area contributed by atoms with E-state index < -0.39 is 22.4 Å². The molecule has 0 fully saturated rings. The predicted molar refractivity (Wildman–Crippen MR) is 65.9 cm³/mol. The molecule has 0 unspecified atom stereocenters. The summed E-state index contributed by atoms with van der Waals surface area (Å²) in [6.45, 7) is 3.32. The predicted octanol–water partition coefficient (Wildman–Crippen LogP) is 3.30. The van der Waals surface area contributed by atoms with Crippen molar-refractivity contribution in [2.24, 2.45) is 5.41 Å². The first-order valence-electron chi connectivity index (χ1n) is 5.64. The van der Waals surface area contributed by atoms with Crippen molar-refractivity contribution in [1.29, 1.82) is 0 Å². The van der Waals surface area contributed by atoms with Gasteiger partial charge in [0.25, 0.3) is 0 Å². The maximum Gasteiger partial charge on any atom is 0.326 e. The number of ether oxygens (including phenoxy) is 1. The standard InChI is InChI=1S/C13H14ClFO3/c1-3-13(4-2,11(14)16)12(17)18-10-8-6-5-7-9(10)15/h5-8H,3-4H2,1-2H3. The van der Waals surface area contributed by atoms with Crippen LogP contribution in [-0.4, -0.2) is 11.2 Å². The molecule has 5 heteroatoms. The molecule has 0 atom stereocenters. The summed E-state index contributed by atoms with van der Waals surface area (Å²) in [5.41, 5.74) is -1.41. The average molecular weight is 273 g/mol. The van der Waals surface area contributed by atoms with Gasteiger partial charge in [0.1, 0.15) is 5.41 Å². The molecule has 0 heterocycles. The van der Waals surface area contributed by atoms with Crippen LogP contribution >= 0.6 is 11.6 Å². The largest absolute Gasteiger partial charge is 0.423 e. The van der Waals surface area contributed by atoms with Gasteiger partial charge in [0, 0.05) is 0 Å². The van der Waals surface area contributed by atoms with Gasteiger partial charge >= 0.3 is 5.97 Å². The molecule has 0 aromatic heterocycles. The molecule has 0 N–H and O–H groups in total. The fourth-order valence-electron chi connectivity index (χ4n) is 1.62. The molecule has 0 spiro atoms. The van der Waals surface area contributed by atoms with Crippen LogP contribution in [0.2, 0.25) is 0 Å². The van der Waals surface area contributed by atoms with Crippen molar-refractivity contribution in [1.82, 2.24) is 0 Å². The zero-order chi connectivity index (χ0) is 13.8. The van der Waals surface area contributed by atoms with Crippen molar-refractivity contribution < 1.29 is 18.7 Å². The quantitative estimate of drug-likeness (QED) is 0.357. The lowest BCUT2D eigenvalue weighted by Gasteiger charge is -2.24. The molecule has 0 aliphatic carbocycles. The molecule has 0 radical (unpaired) electrons. The van der Waals surface area contributed by atoms with Gasteiger partial charge < -0.3 is 4.74 Å². The van der Waals surface area contributed by atoms with E-state index in [1.165, 1.54) is 24.3 Å². The number of esters is 1. The minimum absolute atomic E-state index is 0.202. The van der Waals surface area contributed by atoms with E-state index in [-0.39, 0.29) is 18.6 Å². The SMILES string of the molecule is CCC(CC)(C(=O)Cl)C(=O)Oc1ccccc1F. The van der Waals surface area contributed by atoms with Crippen LogP contribution in [-0.2, 0) is 9.59 Å². The van der Waals surface area contributed by atoms with E-state index in [1.54, 1.807) is 13.8 Å². The second kappa shape index (κ2) is 5.96. The maximum atomic E-state index is 13.4. The highest BCUT2D eigenvalue weighted by molar-refractivity contribution is 6.66. The molecular weight excluding hydrogens is 259 g/mol. The summed E-state index contributed by atoms with van der Waals surface area (Å²) in [6, 6.07) is 5.51. The van der Waals surface area contributed by atoms with E-state index in [9.17, 15) is 14.0 Å². The summed E-state index contributed by atoms with van der Waals surface area (Å²) in [5.74, 6) is -1.68. The molecule has 0 saturated heterocycles. The zero-order valence-corrected chi connectivity index (χ0v) is 11.0. The summed E-state index contributed by atoms with van der Waals surface area (Å²) < 4.78 is 18.3. The summed E-state index contributed by atoms with van der Waals surface area (Å²) in [4.78, 5) is 23.4. The molecule has 0 bridgehead atoms. The van der Waals surface area contributed by atoms with Gasteiger partial charge in [0.2, 0.25) is 5.24 Å². The smallest absolute Gasteiger partial charge is 0.326 e. The van der Waals surface area contributed by atoms with E-state index in [1.807, 2.05) is 0 Å². The molecule has 1 rings (SSSR count). The number of hydrogen-bond acceptors (Lipinski definition) is 3. The highest BCUT2D eigenvalue weighted by atomic mass is 35.5. The Bertz CT molecular complexity index is 455. The summed E-state index contributed by atoms with van der Waals surface area (Å²) >= 11 is 5.47. The first-order valence-corrected chi connectivity index (χ1v) is 6.02. The van der Waals surface area contributed by atoms with Crippen molar-refractivity contribution in [3.8, 4) is 5.75 Å². The first kappa shape index (κ1) is 14.6. The second-order valence-corrected chi connectivity index (χ2v) is 4.23. The highest BCUT2D eigenvalue weighted by Gasteiger charge is 2.43. The van der Waals surface area contributed by atoms with Crippen LogP contribution in [0.4, 0.5) is 4.39 Å². The molecule has 1 aromatic carbocycles. The van der Waals surface area contributed by atoms with Crippen molar-refractivity contribution in [2.45, 2.75) is 26.7 Å². The normalized spacial score (nSPS) is 11.1. The number of carbonyl (C=O) groups excluding carboxylic acids is 2. The van der Waals surface area contributed by atoms with E-state index >= 15 is 0 Å². The van der Waals surface area contributed by atoms with Gasteiger partial charge in [0.15, 0.2) is 11.6 Å². The van der Waals surface area contributed by atoms with Gasteiger partial charge in [0.05, 0.1) is 0 Å². The Balaban J connectivity index is 3.00. The van der Waals surface area contributed by atoms with Crippen molar-refractivity contribution in [2.75, 3.05) is 0 Å². The zero-order valence-electron chi connectivity index (χ0n) is 10.2. The van der Waals surface area contributed by atoms with Gasteiger partial charge in [-0.1, -0.05) is 26.0 Å². The summed E-state index contributed by atoms with van der Waals surface area (Å²) in [5, 5.41) is -0.783. The Morgan fingerprint density at radius 2 is 1.83 bits per heavy atom. The molecule has 18 heavy (non-hydrogen) atoms. The van der Waals surface area contributed by atoms with E-state index in [0.717, 1.165) is 0 Å². The number of rotatable bonds is 5. The lowest BCUT2D eigenvalue weighted by Crippen LogP contribution is -2.39. The van der Waals surface area contributed by atoms with E-state index in [2.05, 4.69) is 0 Å². The van der Waals surface area contributed by atoms with Gasteiger partial charge in [-0.3, -0.25) is 9.59 Å². The minimum atomic E-state index is -1.41. The number of halogens is 2. The fourth-order valence-corrected chi connectivity index (χ4v) is 1.97. The number of benzene rings is 1. The van der Waals surface area contributed by atoms with Gasteiger partial charge in [-0.15, -0.1) is 0 Å². The third-order valence-electron chi connectivity index (χ3n) is 3.01. The third kappa shape index (κ3) is 2.70. The van der Waals surface area contributed by atoms with Crippen LogP contribution in [0, 0.1) is 11.2 Å². The molecule has 3 nitrogen and oxygen atoms in total. The molecular formula is C13H14ClFO3. The number of hydrogen-bond donors (Lipinski definition) is 0. The van der Waals surface area contributed by atoms with E-state index in [4.69, 9.17) is 16.3 Å². The Labute approximate surface area is 110 Å². The third-order valence-corrected chi connectivity index (χ3v) is 3.38. The Kier molecular flexibility index (Phi) is 4.84. The maximum absolute atomic E-state index is 13.4. The second-order valence-electron chi connectivity index (χ2n) is 3.88. The Morgan fingerprint density at radius 3 is 2.28 bits per heavy atom. The lowest BCUT2D eigenvalue weighted by molar-refractivity contribution is -0.150. The Hall–Kier alpha value is -1.42. The highest BCUT2D eigenvalue weighted by Crippen LogP contribution is 2.32. The molecule has 1 aromatic rings. The molecule has 0 aliphatic heterocycles. The van der Waals surface area contributed by atoms with Crippen molar-refractivity contribution in [3.63, 3.8) is 0 Å². The molecule has 0 saturated carbocycles. The topological polar surface area (TPSA) is 43.4 Å². The first-order chi connectivity index (χ1) is 8.47. The number of carbonyl (C=O) groups is 2. The molecule has 0 amide bonds. The molecule has 98 valence electrons. The fraction of sp³-hybridized carbons (Fsp3) is 0.385. The monoisotopic (exact) mass is 272 g/mol. The van der Waals surface area contributed by atoms with Crippen LogP contribution in [0.25, 0.3) is 0 Å².